The van der Waals surface area contributed by atoms with Gasteiger partial charge in [-0.2, -0.15) is 0 Å². The minimum Gasteiger partial charge on any atom is -0.469 e. The van der Waals surface area contributed by atoms with Crippen molar-refractivity contribution in [2.45, 2.75) is 26.2 Å². The highest BCUT2D eigenvalue weighted by molar-refractivity contribution is 5.91. The second kappa shape index (κ2) is 3.12. The molecule has 1 atom stereocenters. The van der Waals surface area contributed by atoms with E-state index < -0.39 is 0 Å². The van der Waals surface area contributed by atoms with Crippen LogP contribution in [0.25, 0.3) is 0 Å². The second-order valence-electron chi connectivity index (χ2n) is 4.39. The maximum atomic E-state index is 11.3. The first-order valence-electron chi connectivity index (χ1n) is 4.85. The fourth-order valence-electron chi connectivity index (χ4n) is 1.91. The van der Waals surface area contributed by atoms with Crippen molar-refractivity contribution < 1.29 is 9.21 Å². The van der Waals surface area contributed by atoms with Crippen LogP contribution >= 0.6 is 0 Å². The van der Waals surface area contributed by atoms with Gasteiger partial charge in [0.2, 0.25) is 0 Å². The zero-order valence-electron chi connectivity index (χ0n) is 8.49. The van der Waals surface area contributed by atoms with E-state index in [-0.39, 0.29) is 17.1 Å². The van der Waals surface area contributed by atoms with Gasteiger partial charge in [0.15, 0.2) is 5.78 Å². The molecule has 2 rings (SSSR count). The lowest BCUT2D eigenvalue weighted by atomic mass is 9.71. The van der Waals surface area contributed by atoms with Gasteiger partial charge in [-0.3, -0.25) is 4.79 Å². The topological polar surface area (TPSA) is 30.2 Å². The van der Waals surface area contributed by atoms with Crippen LogP contribution in [0.15, 0.2) is 35.0 Å². The molecular weight excluding hydrogens is 176 g/mol. The Morgan fingerprint density at radius 1 is 1.50 bits per heavy atom. The summed E-state index contributed by atoms with van der Waals surface area (Å²) in [7, 11) is 0. The zero-order chi connectivity index (χ0) is 10.2. The van der Waals surface area contributed by atoms with Crippen molar-refractivity contribution in [3.8, 4) is 0 Å². The molecule has 0 radical (unpaired) electrons. The van der Waals surface area contributed by atoms with Gasteiger partial charge in [0.05, 0.1) is 6.26 Å². The fourth-order valence-corrected chi connectivity index (χ4v) is 1.91. The van der Waals surface area contributed by atoms with Gasteiger partial charge in [0, 0.05) is 12.3 Å². The van der Waals surface area contributed by atoms with Gasteiger partial charge in [0.1, 0.15) is 5.76 Å². The molecule has 1 unspecified atom stereocenters. The van der Waals surface area contributed by atoms with Crippen LogP contribution in [0.4, 0.5) is 0 Å². The minimum absolute atomic E-state index is 0.00572. The molecule has 0 aliphatic heterocycles. The first-order valence-corrected chi connectivity index (χ1v) is 4.85. The number of furan rings is 1. The molecule has 0 N–H and O–H groups in total. The summed E-state index contributed by atoms with van der Waals surface area (Å²) in [5, 5.41) is 0. The molecule has 74 valence electrons. The Hall–Kier alpha value is -1.31. The van der Waals surface area contributed by atoms with Crippen LogP contribution in [-0.4, -0.2) is 5.78 Å². The molecule has 1 heterocycles. The summed E-state index contributed by atoms with van der Waals surface area (Å²) in [5.74, 6) is 1.27. The van der Waals surface area contributed by atoms with Crippen LogP contribution in [0.5, 0.6) is 0 Å². The normalized spacial score (nSPS) is 25.3. The lowest BCUT2D eigenvalue weighted by molar-refractivity contribution is -0.116. The predicted octanol–water partition coefficient (Wildman–Crippen LogP) is 2.92. The largest absolute Gasteiger partial charge is 0.469 e. The highest BCUT2D eigenvalue weighted by atomic mass is 16.3. The summed E-state index contributed by atoms with van der Waals surface area (Å²) in [5.41, 5.74) is 0.00572. The SMILES string of the molecule is CC1(C)C=CC(=O)CC1c1ccco1. The number of hydrogen-bond acceptors (Lipinski definition) is 2. The van der Waals surface area contributed by atoms with Gasteiger partial charge in [-0.25, -0.2) is 0 Å². The summed E-state index contributed by atoms with van der Waals surface area (Å²) in [6.07, 6.45) is 5.87. The molecule has 14 heavy (non-hydrogen) atoms. The number of rotatable bonds is 1. The molecule has 1 aromatic heterocycles. The summed E-state index contributed by atoms with van der Waals surface area (Å²) < 4.78 is 5.37. The number of carbonyl (C=O) groups is 1. The third kappa shape index (κ3) is 1.52. The molecule has 0 saturated heterocycles. The van der Waals surface area contributed by atoms with E-state index in [1.165, 1.54) is 0 Å². The van der Waals surface area contributed by atoms with Crippen LogP contribution in [0.3, 0.4) is 0 Å². The Bertz CT molecular complexity index is 358. The van der Waals surface area contributed by atoms with Gasteiger partial charge >= 0.3 is 0 Å². The molecule has 0 aromatic carbocycles. The van der Waals surface area contributed by atoms with Crippen molar-refractivity contribution in [3.63, 3.8) is 0 Å². The average Bonchev–Trinajstić information content (AvgIpc) is 2.62. The number of allylic oxidation sites excluding steroid dienone is 2. The molecular formula is C12H14O2. The highest BCUT2D eigenvalue weighted by Gasteiger charge is 2.34. The summed E-state index contributed by atoms with van der Waals surface area (Å²) in [4.78, 5) is 11.3. The fraction of sp³-hybridized carbons (Fsp3) is 0.417. The van der Waals surface area contributed by atoms with Crippen molar-refractivity contribution in [2.75, 3.05) is 0 Å². The molecule has 0 amide bonds. The smallest absolute Gasteiger partial charge is 0.156 e. The van der Waals surface area contributed by atoms with E-state index in [1.807, 2.05) is 18.2 Å². The van der Waals surface area contributed by atoms with E-state index in [9.17, 15) is 4.79 Å². The molecule has 0 spiro atoms. The van der Waals surface area contributed by atoms with Gasteiger partial charge in [-0.1, -0.05) is 19.9 Å². The van der Waals surface area contributed by atoms with Crippen LogP contribution in [-0.2, 0) is 4.79 Å². The van der Waals surface area contributed by atoms with Gasteiger partial charge in [-0.05, 0) is 23.6 Å². The maximum Gasteiger partial charge on any atom is 0.156 e. The van der Waals surface area contributed by atoms with Crippen molar-refractivity contribution in [3.05, 3.63) is 36.3 Å². The summed E-state index contributed by atoms with van der Waals surface area (Å²) in [6.45, 7) is 4.26. The first-order chi connectivity index (χ1) is 6.59. The molecule has 0 bridgehead atoms. The Balaban J connectivity index is 2.35. The van der Waals surface area contributed by atoms with Crippen LogP contribution in [0.1, 0.15) is 31.9 Å². The summed E-state index contributed by atoms with van der Waals surface area (Å²) in [6, 6.07) is 3.81. The lowest BCUT2D eigenvalue weighted by Crippen LogP contribution is -2.25. The van der Waals surface area contributed by atoms with Crippen LogP contribution < -0.4 is 0 Å². The Morgan fingerprint density at radius 3 is 2.93 bits per heavy atom. The molecule has 1 aromatic rings. The van der Waals surface area contributed by atoms with Crippen LogP contribution in [0, 0.1) is 5.41 Å². The number of ketones is 1. The molecule has 2 nitrogen and oxygen atoms in total. The Labute approximate surface area is 83.6 Å². The minimum atomic E-state index is 0.00572. The van der Waals surface area contributed by atoms with E-state index >= 15 is 0 Å². The first kappa shape index (κ1) is 9.25. The summed E-state index contributed by atoms with van der Waals surface area (Å²) >= 11 is 0. The van der Waals surface area contributed by atoms with E-state index in [2.05, 4.69) is 13.8 Å². The maximum absolute atomic E-state index is 11.3. The van der Waals surface area contributed by atoms with Gasteiger partial charge < -0.3 is 4.42 Å². The Kier molecular flexibility index (Phi) is 2.06. The van der Waals surface area contributed by atoms with Gasteiger partial charge in [-0.15, -0.1) is 0 Å². The van der Waals surface area contributed by atoms with Crippen molar-refractivity contribution in [1.82, 2.24) is 0 Å². The molecule has 0 saturated carbocycles. The lowest BCUT2D eigenvalue weighted by Gasteiger charge is -2.32. The van der Waals surface area contributed by atoms with Crippen molar-refractivity contribution in [1.29, 1.82) is 0 Å². The second-order valence-corrected chi connectivity index (χ2v) is 4.39. The highest BCUT2D eigenvalue weighted by Crippen LogP contribution is 2.42. The average molecular weight is 190 g/mol. The van der Waals surface area contributed by atoms with E-state index in [1.54, 1.807) is 12.3 Å². The molecule has 1 aliphatic carbocycles. The van der Waals surface area contributed by atoms with E-state index in [0.717, 1.165) is 5.76 Å². The molecule has 2 heteroatoms. The number of carbonyl (C=O) groups excluding carboxylic acids is 1. The van der Waals surface area contributed by atoms with Crippen molar-refractivity contribution in [2.24, 2.45) is 5.41 Å². The molecule has 1 aliphatic rings. The monoisotopic (exact) mass is 190 g/mol. The number of hydrogen-bond donors (Lipinski definition) is 0. The standard InChI is InChI=1S/C12H14O2/c1-12(2)6-5-9(13)8-10(12)11-4-3-7-14-11/h3-7,10H,8H2,1-2H3. The van der Waals surface area contributed by atoms with E-state index in [4.69, 9.17) is 4.42 Å². The Morgan fingerprint density at radius 2 is 2.29 bits per heavy atom. The van der Waals surface area contributed by atoms with Crippen molar-refractivity contribution >= 4 is 5.78 Å². The van der Waals surface area contributed by atoms with Gasteiger partial charge in [0.25, 0.3) is 0 Å². The van der Waals surface area contributed by atoms with E-state index in [0.29, 0.717) is 6.42 Å². The third-order valence-corrected chi connectivity index (χ3v) is 2.89. The molecule has 0 fully saturated rings. The predicted molar refractivity (Wildman–Crippen MR) is 54.0 cm³/mol. The quantitative estimate of drug-likeness (QED) is 0.681. The van der Waals surface area contributed by atoms with Crippen LogP contribution in [0.2, 0.25) is 0 Å². The third-order valence-electron chi connectivity index (χ3n) is 2.89. The zero-order valence-corrected chi connectivity index (χ0v) is 8.49.